The largest absolute Gasteiger partial charge is 0.392 e. The van der Waals surface area contributed by atoms with Gasteiger partial charge in [-0.05, 0) is 51.5 Å². The van der Waals surface area contributed by atoms with Gasteiger partial charge in [0.25, 0.3) is 0 Å². The fourth-order valence-corrected chi connectivity index (χ4v) is 3.99. The smallest absolute Gasteiger partial charge is 0.0902 e. The van der Waals surface area contributed by atoms with Crippen LogP contribution in [0.1, 0.15) is 44.9 Å². The van der Waals surface area contributed by atoms with Gasteiger partial charge in [-0.15, -0.1) is 0 Å². The van der Waals surface area contributed by atoms with Gasteiger partial charge in [0.1, 0.15) is 0 Å². The predicted octanol–water partition coefficient (Wildman–Crippen LogP) is 1.84. The fourth-order valence-electron chi connectivity index (χ4n) is 3.74. The van der Waals surface area contributed by atoms with E-state index in [-0.39, 0.29) is 5.60 Å². The van der Waals surface area contributed by atoms with E-state index in [0.29, 0.717) is 17.1 Å². The summed E-state index contributed by atoms with van der Waals surface area (Å²) in [4.78, 5) is 3.25. The first kappa shape index (κ1) is 11.9. The number of rotatable bonds is 2. The number of nitrogens with zero attached hydrogens (tertiary/aromatic N) is 1. The molecule has 17 heavy (non-hydrogen) atoms. The summed E-state index contributed by atoms with van der Waals surface area (Å²) in [7, 11) is 0. The molecule has 0 amide bonds. The maximum absolute atomic E-state index is 6.00. The van der Waals surface area contributed by atoms with Gasteiger partial charge in [0.05, 0.1) is 16.6 Å². The van der Waals surface area contributed by atoms with E-state index in [2.05, 4.69) is 4.90 Å². The Hall–Kier alpha value is -0.190. The van der Waals surface area contributed by atoms with Crippen LogP contribution in [0.5, 0.6) is 0 Å². The van der Waals surface area contributed by atoms with Gasteiger partial charge >= 0.3 is 0 Å². The minimum absolute atomic E-state index is 0.228. The van der Waals surface area contributed by atoms with Crippen LogP contribution in [0, 0.1) is 0 Å². The Morgan fingerprint density at radius 1 is 1.29 bits per heavy atom. The van der Waals surface area contributed by atoms with Gasteiger partial charge < -0.3 is 10.5 Å². The quantitative estimate of drug-likeness (QED) is 0.763. The molecule has 2 unspecified atom stereocenters. The Balaban J connectivity index is 1.68. The standard InChI is InChI=1S/C13H22N2OS/c14-12(17)11-3-1-7-15(11)10-4-8-16-13(9-10)5-2-6-13/h10-11H,1-9H2,(H2,14,17). The highest BCUT2D eigenvalue weighted by atomic mass is 32.1. The maximum Gasteiger partial charge on any atom is 0.0902 e. The second kappa shape index (κ2) is 4.48. The molecule has 0 aromatic rings. The fraction of sp³-hybridized carbons (Fsp3) is 0.923. The minimum atomic E-state index is 0.228. The van der Waals surface area contributed by atoms with E-state index in [1.807, 2.05) is 0 Å². The second-order valence-electron chi connectivity index (χ2n) is 5.83. The minimum Gasteiger partial charge on any atom is -0.392 e. The van der Waals surface area contributed by atoms with Crippen LogP contribution >= 0.6 is 12.2 Å². The lowest BCUT2D eigenvalue weighted by atomic mass is 9.73. The molecular weight excluding hydrogens is 232 g/mol. The third-order valence-corrected chi connectivity index (χ3v) is 5.10. The zero-order valence-corrected chi connectivity index (χ0v) is 11.2. The van der Waals surface area contributed by atoms with E-state index in [0.717, 1.165) is 19.4 Å². The van der Waals surface area contributed by atoms with Gasteiger partial charge in [0, 0.05) is 12.6 Å². The summed E-state index contributed by atoms with van der Waals surface area (Å²) >= 11 is 5.21. The Labute approximate surface area is 109 Å². The van der Waals surface area contributed by atoms with Gasteiger partial charge in [-0.1, -0.05) is 12.2 Å². The lowest BCUT2D eigenvalue weighted by Crippen LogP contribution is -2.54. The molecule has 3 fully saturated rings. The summed E-state index contributed by atoms with van der Waals surface area (Å²) in [5.41, 5.74) is 6.10. The van der Waals surface area contributed by atoms with Crippen LogP contribution in [0.25, 0.3) is 0 Å². The summed E-state index contributed by atoms with van der Waals surface area (Å²) in [6, 6.07) is 1.00. The molecule has 0 bridgehead atoms. The predicted molar refractivity (Wildman–Crippen MR) is 72.1 cm³/mol. The zero-order chi connectivity index (χ0) is 11.9. The van der Waals surface area contributed by atoms with Gasteiger partial charge in [-0.2, -0.15) is 0 Å². The molecule has 0 aromatic heterocycles. The highest BCUT2D eigenvalue weighted by Gasteiger charge is 2.45. The zero-order valence-electron chi connectivity index (χ0n) is 10.4. The van der Waals surface area contributed by atoms with Crippen LogP contribution in [-0.4, -0.2) is 40.7 Å². The number of hydrogen-bond acceptors (Lipinski definition) is 3. The lowest BCUT2D eigenvalue weighted by molar-refractivity contribution is -0.148. The van der Waals surface area contributed by atoms with Crippen molar-refractivity contribution in [2.75, 3.05) is 13.2 Å². The maximum atomic E-state index is 6.00. The van der Waals surface area contributed by atoms with Crippen LogP contribution in [0.2, 0.25) is 0 Å². The van der Waals surface area contributed by atoms with Gasteiger partial charge in [-0.25, -0.2) is 0 Å². The van der Waals surface area contributed by atoms with Crippen molar-refractivity contribution in [3.05, 3.63) is 0 Å². The molecule has 1 spiro atoms. The molecular formula is C13H22N2OS. The number of ether oxygens (including phenoxy) is 1. The Morgan fingerprint density at radius 2 is 2.12 bits per heavy atom. The molecule has 4 heteroatoms. The molecule has 2 heterocycles. The molecule has 2 N–H and O–H groups in total. The second-order valence-corrected chi connectivity index (χ2v) is 6.30. The topological polar surface area (TPSA) is 38.5 Å². The highest BCUT2D eigenvalue weighted by molar-refractivity contribution is 7.80. The third-order valence-electron chi connectivity index (χ3n) is 4.82. The summed E-state index contributed by atoms with van der Waals surface area (Å²) in [6.45, 7) is 2.09. The summed E-state index contributed by atoms with van der Waals surface area (Å²) in [5, 5.41) is 0. The number of thiocarbonyl (C=S) groups is 1. The SMILES string of the molecule is NC(=S)C1CCCN1C1CCOC2(CCC2)C1. The number of nitrogens with two attached hydrogens (primary N) is 1. The normalized spacial score (nSPS) is 36.9. The number of likely N-dealkylation sites (tertiary alicyclic amines) is 1. The van der Waals surface area contributed by atoms with Crippen molar-refractivity contribution in [3.63, 3.8) is 0 Å². The van der Waals surface area contributed by atoms with E-state index in [1.54, 1.807) is 0 Å². The Morgan fingerprint density at radius 3 is 2.76 bits per heavy atom. The highest BCUT2D eigenvalue weighted by Crippen LogP contribution is 2.44. The third kappa shape index (κ3) is 2.11. The van der Waals surface area contributed by atoms with Crippen molar-refractivity contribution >= 4 is 17.2 Å². The average Bonchev–Trinajstić information content (AvgIpc) is 2.76. The monoisotopic (exact) mass is 254 g/mol. The first-order valence-electron chi connectivity index (χ1n) is 6.89. The van der Waals surface area contributed by atoms with Crippen molar-refractivity contribution in [1.29, 1.82) is 0 Å². The van der Waals surface area contributed by atoms with E-state index in [9.17, 15) is 0 Å². The first-order valence-corrected chi connectivity index (χ1v) is 7.30. The molecule has 1 saturated carbocycles. The first-order chi connectivity index (χ1) is 8.20. The number of hydrogen-bond donors (Lipinski definition) is 1. The van der Waals surface area contributed by atoms with E-state index in [1.165, 1.54) is 38.6 Å². The molecule has 3 aliphatic rings. The van der Waals surface area contributed by atoms with Crippen molar-refractivity contribution in [2.24, 2.45) is 5.73 Å². The molecule has 2 atom stereocenters. The molecule has 1 aliphatic carbocycles. The van der Waals surface area contributed by atoms with Gasteiger partial charge in [0.2, 0.25) is 0 Å². The molecule has 0 aromatic carbocycles. The molecule has 2 saturated heterocycles. The molecule has 0 radical (unpaired) electrons. The Kier molecular flexibility index (Phi) is 3.13. The van der Waals surface area contributed by atoms with Crippen LogP contribution in [0.3, 0.4) is 0 Å². The van der Waals surface area contributed by atoms with Crippen molar-refractivity contribution in [2.45, 2.75) is 62.6 Å². The molecule has 3 rings (SSSR count). The van der Waals surface area contributed by atoms with Crippen LogP contribution in [0.15, 0.2) is 0 Å². The summed E-state index contributed by atoms with van der Waals surface area (Å²) in [5.74, 6) is 0. The summed E-state index contributed by atoms with van der Waals surface area (Å²) < 4.78 is 6.00. The van der Waals surface area contributed by atoms with Crippen molar-refractivity contribution < 1.29 is 4.74 Å². The van der Waals surface area contributed by atoms with E-state index >= 15 is 0 Å². The van der Waals surface area contributed by atoms with E-state index < -0.39 is 0 Å². The van der Waals surface area contributed by atoms with Gasteiger partial charge in [-0.3, -0.25) is 4.90 Å². The molecule has 96 valence electrons. The summed E-state index contributed by atoms with van der Waals surface area (Å²) in [6.07, 6.45) is 8.61. The van der Waals surface area contributed by atoms with Crippen LogP contribution in [0.4, 0.5) is 0 Å². The lowest BCUT2D eigenvalue weighted by Gasteiger charge is -2.49. The van der Waals surface area contributed by atoms with Gasteiger partial charge in [0.15, 0.2) is 0 Å². The Bertz CT molecular complexity index is 317. The molecule has 3 nitrogen and oxygen atoms in total. The van der Waals surface area contributed by atoms with Crippen molar-refractivity contribution in [3.8, 4) is 0 Å². The van der Waals surface area contributed by atoms with Crippen LogP contribution in [-0.2, 0) is 4.74 Å². The van der Waals surface area contributed by atoms with Crippen molar-refractivity contribution in [1.82, 2.24) is 4.90 Å². The van der Waals surface area contributed by atoms with E-state index in [4.69, 9.17) is 22.7 Å². The molecule has 2 aliphatic heterocycles. The average molecular weight is 254 g/mol. The van der Waals surface area contributed by atoms with Crippen LogP contribution < -0.4 is 5.73 Å².